The van der Waals surface area contributed by atoms with E-state index in [1.807, 2.05) is 46.2 Å². The number of rotatable bonds is 8. The summed E-state index contributed by atoms with van der Waals surface area (Å²) in [5, 5.41) is 8.92. The van der Waals surface area contributed by atoms with Gasteiger partial charge in [0, 0.05) is 23.6 Å². The fraction of sp³-hybridized carbons (Fsp3) is 0.360. The monoisotopic (exact) mass is 436 g/mol. The zero-order valence-corrected chi connectivity index (χ0v) is 18.5. The number of carboxylic acid groups (broad SMARTS) is 1. The van der Waals surface area contributed by atoms with Gasteiger partial charge in [0.1, 0.15) is 0 Å². The van der Waals surface area contributed by atoms with Crippen LogP contribution in [0.15, 0.2) is 71.6 Å². The molecule has 2 saturated heterocycles. The first-order valence-electron chi connectivity index (χ1n) is 10.8. The normalized spacial score (nSPS) is 22.7. The second kappa shape index (κ2) is 9.60. The van der Waals surface area contributed by atoms with Gasteiger partial charge in [0.25, 0.3) is 0 Å². The number of benzene rings is 2. The van der Waals surface area contributed by atoms with E-state index in [0.29, 0.717) is 13.0 Å². The second-order valence-electron chi connectivity index (χ2n) is 8.11. The Morgan fingerprint density at radius 2 is 1.84 bits per heavy atom. The largest absolute Gasteiger partial charge is 0.481 e. The van der Waals surface area contributed by atoms with E-state index in [4.69, 9.17) is 5.11 Å². The molecule has 2 aromatic carbocycles. The molecule has 0 saturated carbocycles. The van der Waals surface area contributed by atoms with Crippen molar-refractivity contribution in [2.75, 3.05) is 5.75 Å². The lowest BCUT2D eigenvalue weighted by atomic mass is 10.0. The van der Waals surface area contributed by atoms with E-state index < -0.39 is 5.97 Å². The van der Waals surface area contributed by atoms with Crippen molar-refractivity contribution in [1.29, 1.82) is 0 Å². The van der Waals surface area contributed by atoms with E-state index in [1.165, 1.54) is 4.91 Å². The van der Waals surface area contributed by atoms with Gasteiger partial charge in [0.2, 0.25) is 0 Å². The molecule has 2 aliphatic rings. The molecular formula is C25H28N2O3S. The molecule has 0 radical (unpaired) electrons. The molecule has 6 heteroatoms. The predicted molar refractivity (Wildman–Crippen MR) is 124 cm³/mol. The first-order valence-corrected chi connectivity index (χ1v) is 11.8. The van der Waals surface area contributed by atoms with Crippen LogP contribution in [0.4, 0.5) is 4.79 Å². The molecule has 2 heterocycles. The van der Waals surface area contributed by atoms with Crippen LogP contribution in [-0.4, -0.2) is 44.7 Å². The lowest BCUT2D eigenvalue weighted by Gasteiger charge is -2.29. The van der Waals surface area contributed by atoms with Crippen LogP contribution in [0.2, 0.25) is 0 Å². The molecule has 0 unspecified atom stereocenters. The fourth-order valence-corrected chi connectivity index (χ4v) is 5.92. The van der Waals surface area contributed by atoms with Crippen LogP contribution >= 0.6 is 11.8 Å². The maximum absolute atomic E-state index is 13.6. The zero-order valence-electron chi connectivity index (χ0n) is 17.7. The highest BCUT2D eigenvalue weighted by Crippen LogP contribution is 2.46. The van der Waals surface area contributed by atoms with Gasteiger partial charge in [-0.15, -0.1) is 11.8 Å². The number of carbonyl (C=O) groups is 2. The van der Waals surface area contributed by atoms with Gasteiger partial charge in [-0.25, -0.2) is 4.79 Å². The van der Waals surface area contributed by atoms with Gasteiger partial charge in [-0.1, -0.05) is 66.7 Å². The summed E-state index contributed by atoms with van der Waals surface area (Å²) in [5.41, 5.74) is 2.26. The molecule has 0 aliphatic carbocycles. The summed E-state index contributed by atoms with van der Waals surface area (Å²) in [7, 11) is 0. The van der Waals surface area contributed by atoms with Gasteiger partial charge >= 0.3 is 12.0 Å². The number of fused-ring (bicyclic) bond motifs is 1. The minimum atomic E-state index is -0.764. The lowest BCUT2D eigenvalue weighted by molar-refractivity contribution is -0.137. The third-order valence-electron chi connectivity index (χ3n) is 6.07. The summed E-state index contributed by atoms with van der Waals surface area (Å²) >= 11 is 1.80. The van der Waals surface area contributed by atoms with Crippen LogP contribution in [0.3, 0.4) is 0 Å². The molecule has 0 bridgehead atoms. The number of hydrogen-bond donors (Lipinski definition) is 1. The summed E-state index contributed by atoms with van der Waals surface area (Å²) in [5.74, 6) is 0.101. The van der Waals surface area contributed by atoms with Crippen molar-refractivity contribution in [3.05, 3.63) is 82.8 Å². The summed E-state index contributed by atoms with van der Waals surface area (Å²) in [6.07, 6.45) is 3.67. The highest BCUT2D eigenvalue weighted by atomic mass is 32.2. The average Bonchev–Trinajstić information content (AvgIpc) is 3.30. The van der Waals surface area contributed by atoms with Gasteiger partial charge in [-0.3, -0.25) is 4.79 Å². The Morgan fingerprint density at radius 1 is 1.16 bits per heavy atom. The molecule has 3 atom stereocenters. The SMILES string of the molecule is C[C@H](c1ccccc1)N1C(=O)N(Cc2ccccc2)[C@@H]2/C(=C\CCCC(=O)O)SC[C@@H]21. The first-order chi connectivity index (χ1) is 15.1. The van der Waals surface area contributed by atoms with Crippen molar-refractivity contribution in [3.8, 4) is 0 Å². The highest BCUT2D eigenvalue weighted by Gasteiger charge is 2.52. The molecule has 2 aromatic rings. The number of allylic oxidation sites excluding steroid dienone is 1. The lowest BCUT2D eigenvalue weighted by Crippen LogP contribution is -2.38. The van der Waals surface area contributed by atoms with Crippen molar-refractivity contribution in [2.24, 2.45) is 0 Å². The van der Waals surface area contributed by atoms with Crippen LogP contribution in [0, 0.1) is 0 Å². The number of urea groups is 1. The molecule has 31 heavy (non-hydrogen) atoms. The Balaban J connectivity index is 1.61. The number of nitrogens with zero attached hydrogens (tertiary/aromatic N) is 2. The standard InChI is InChI=1S/C25H28N2O3S/c1-18(20-12-6-3-7-13-20)27-21-17-31-22(14-8-9-15-23(28)29)24(21)26(25(27)30)16-19-10-4-2-5-11-19/h2-7,10-14,18,21,24H,8-9,15-17H2,1H3,(H,28,29)/b22-14+/t18-,21+,24+/m1/s1. The van der Waals surface area contributed by atoms with Crippen molar-refractivity contribution < 1.29 is 14.7 Å². The second-order valence-corrected chi connectivity index (χ2v) is 9.20. The molecule has 0 aromatic heterocycles. The van der Waals surface area contributed by atoms with E-state index in [9.17, 15) is 9.59 Å². The van der Waals surface area contributed by atoms with Crippen molar-refractivity contribution in [1.82, 2.24) is 9.80 Å². The van der Waals surface area contributed by atoms with Crippen molar-refractivity contribution in [3.63, 3.8) is 0 Å². The molecule has 162 valence electrons. The number of amides is 2. The molecule has 2 aliphatic heterocycles. The third kappa shape index (κ3) is 4.64. The topological polar surface area (TPSA) is 60.9 Å². The maximum atomic E-state index is 13.6. The molecule has 2 amide bonds. The van der Waals surface area contributed by atoms with Crippen molar-refractivity contribution in [2.45, 2.75) is 50.9 Å². The Hall–Kier alpha value is -2.73. The Labute approximate surface area is 187 Å². The van der Waals surface area contributed by atoms with E-state index >= 15 is 0 Å². The molecule has 0 spiro atoms. The molecule has 5 nitrogen and oxygen atoms in total. The molecule has 4 rings (SSSR count). The predicted octanol–water partition coefficient (Wildman–Crippen LogP) is 5.31. The van der Waals surface area contributed by atoms with Crippen LogP contribution in [-0.2, 0) is 11.3 Å². The number of carbonyl (C=O) groups excluding carboxylic acids is 1. The van der Waals surface area contributed by atoms with Crippen molar-refractivity contribution >= 4 is 23.8 Å². The summed E-state index contributed by atoms with van der Waals surface area (Å²) in [4.78, 5) is 29.7. The van der Waals surface area contributed by atoms with E-state index in [-0.39, 0.29) is 30.6 Å². The van der Waals surface area contributed by atoms with E-state index in [2.05, 4.69) is 37.3 Å². The minimum absolute atomic E-state index is 0.00562. The quantitative estimate of drug-likeness (QED) is 0.450. The number of hydrogen-bond acceptors (Lipinski definition) is 3. The zero-order chi connectivity index (χ0) is 21.8. The van der Waals surface area contributed by atoms with Gasteiger partial charge in [0.05, 0.1) is 18.1 Å². The maximum Gasteiger partial charge on any atom is 0.321 e. The van der Waals surface area contributed by atoms with Crippen LogP contribution in [0.5, 0.6) is 0 Å². The number of aliphatic carboxylic acids is 1. The first kappa shape index (κ1) is 21.5. The Bertz CT molecular complexity index is 948. The van der Waals surface area contributed by atoms with Crippen LogP contribution in [0.1, 0.15) is 43.4 Å². The van der Waals surface area contributed by atoms with Gasteiger partial charge in [0.15, 0.2) is 0 Å². The number of thioether (sulfide) groups is 1. The van der Waals surface area contributed by atoms with E-state index in [0.717, 1.165) is 23.3 Å². The van der Waals surface area contributed by atoms with E-state index in [1.54, 1.807) is 11.8 Å². The Morgan fingerprint density at radius 3 is 2.52 bits per heavy atom. The van der Waals surface area contributed by atoms with Gasteiger partial charge < -0.3 is 14.9 Å². The highest BCUT2D eigenvalue weighted by molar-refractivity contribution is 8.03. The number of carboxylic acids is 1. The molecular weight excluding hydrogens is 408 g/mol. The summed E-state index contributed by atoms with van der Waals surface area (Å²) < 4.78 is 0. The Kier molecular flexibility index (Phi) is 6.66. The smallest absolute Gasteiger partial charge is 0.321 e. The molecule has 1 N–H and O–H groups in total. The number of unbranched alkanes of at least 4 members (excludes halogenated alkanes) is 1. The summed E-state index contributed by atoms with van der Waals surface area (Å²) in [6.45, 7) is 2.68. The fourth-order valence-electron chi connectivity index (χ4n) is 4.52. The average molecular weight is 437 g/mol. The van der Waals surface area contributed by atoms with Crippen LogP contribution in [0.25, 0.3) is 0 Å². The molecule has 2 fully saturated rings. The minimum Gasteiger partial charge on any atom is -0.481 e. The van der Waals surface area contributed by atoms with Gasteiger partial charge in [-0.2, -0.15) is 0 Å². The van der Waals surface area contributed by atoms with Gasteiger partial charge in [-0.05, 0) is 30.9 Å². The summed E-state index contributed by atoms with van der Waals surface area (Å²) in [6, 6.07) is 20.5. The van der Waals surface area contributed by atoms with Crippen LogP contribution < -0.4 is 0 Å². The third-order valence-corrected chi connectivity index (χ3v) is 7.32.